The topological polar surface area (TPSA) is 61.4 Å². The van der Waals surface area contributed by atoms with Gasteiger partial charge in [-0.2, -0.15) is 0 Å². The van der Waals surface area contributed by atoms with Crippen molar-refractivity contribution in [2.24, 2.45) is 0 Å². The number of nitrogens with zero attached hydrogens (tertiary/aromatic N) is 1. The minimum absolute atomic E-state index is 0.0484. The quantitative estimate of drug-likeness (QED) is 0.670. The summed E-state index contributed by atoms with van der Waals surface area (Å²) >= 11 is 5.82. The first kappa shape index (κ1) is 20.4. The van der Waals surface area contributed by atoms with Gasteiger partial charge in [-0.3, -0.25) is 14.5 Å². The van der Waals surface area contributed by atoms with Gasteiger partial charge in [-0.15, -0.1) is 0 Å². The SMILES string of the molecule is O=C(CCCNC(=O)c1ccc(Cl)cc1)NC1CCN(Cc2ccccc2)C1. The Morgan fingerprint density at radius 1 is 1.07 bits per heavy atom. The molecule has 1 heterocycles. The molecule has 1 aliphatic rings. The van der Waals surface area contributed by atoms with Crippen LogP contribution in [0, 0.1) is 0 Å². The summed E-state index contributed by atoms with van der Waals surface area (Å²) in [5, 5.41) is 6.54. The summed E-state index contributed by atoms with van der Waals surface area (Å²) in [6.45, 7) is 3.27. The van der Waals surface area contributed by atoms with E-state index >= 15 is 0 Å². The largest absolute Gasteiger partial charge is 0.352 e. The average molecular weight is 400 g/mol. The molecule has 1 atom stereocenters. The van der Waals surface area contributed by atoms with Crippen LogP contribution in [0.3, 0.4) is 0 Å². The lowest BCUT2D eigenvalue weighted by atomic mass is 10.2. The number of rotatable bonds is 8. The second-order valence-corrected chi connectivity index (χ2v) is 7.58. The fourth-order valence-electron chi connectivity index (χ4n) is 3.39. The van der Waals surface area contributed by atoms with Crippen LogP contribution in [0.1, 0.15) is 35.2 Å². The van der Waals surface area contributed by atoms with Gasteiger partial charge < -0.3 is 10.6 Å². The van der Waals surface area contributed by atoms with Gasteiger partial charge in [0.25, 0.3) is 5.91 Å². The van der Waals surface area contributed by atoms with Gasteiger partial charge in [-0.05, 0) is 42.7 Å². The minimum Gasteiger partial charge on any atom is -0.352 e. The van der Waals surface area contributed by atoms with Crippen LogP contribution in [-0.4, -0.2) is 42.4 Å². The Labute approximate surface area is 171 Å². The van der Waals surface area contributed by atoms with E-state index in [1.54, 1.807) is 24.3 Å². The lowest BCUT2D eigenvalue weighted by Gasteiger charge is -2.17. The zero-order valence-electron chi connectivity index (χ0n) is 15.9. The van der Waals surface area contributed by atoms with E-state index in [-0.39, 0.29) is 17.9 Å². The molecule has 2 amide bonds. The lowest BCUT2D eigenvalue weighted by Crippen LogP contribution is -2.37. The number of halogens is 1. The van der Waals surface area contributed by atoms with Crippen molar-refractivity contribution >= 4 is 23.4 Å². The first-order valence-electron chi connectivity index (χ1n) is 9.69. The standard InChI is InChI=1S/C22H26ClN3O2/c23-19-10-8-18(9-11-19)22(28)24-13-4-7-21(27)25-20-12-14-26(16-20)15-17-5-2-1-3-6-17/h1-3,5-6,8-11,20H,4,7,12-16H2,(H,24,28)(H,25,27). The molecule has 0 spiro atoms. The molecule has 6 heteroatoms. The van der Waals surface area contributed by atoms with Crippen molar-refractivity contribution < 1.29 is 9.59 Å². The molecular formula is C22H26ClN3O2. The number of nitrogens with one attached hydrogen (secondary N) is 2. The third-order valence-electron chi connectivity index (χ3n) is 4.86. The molecule has 0 aliphatic carbocycles. The highest BCUT2D eigenvalue weighted by molar-refractivity contribution is 6.30. The maximum Gasteiger partial charge on any atom is 0.251 e. The summed E-state index contributed by atoms with van der Waals surface area (Å²) in [4.78, 5) is 26.5. The number of benzene rings is 2. The molecule has 0 aromatic heterocycles. The van der Waals surface area contributed by atoms with Gasteiger partial charge in [-0.25, -0.2) is 0 Å². The summed E-state index contributed by atoms with van der Waals surface area (Å²) in [6, 6.07) is 17.3. The van der Waals surface area contributed by atoms with Crippen LogP contribution in [0.15, 0.2) is 54.6 Å². The van der Waals surface area contributed by atoms with Crippen molar-refractivity contribution in [1.29, 1.82) is 0 Å². The number of amides is 2. The van der Waals surface area contributed by atoms with Crippen LogP contribution in [-0.2, 0) is 11.3 Å². The fourth-order valence-corrected chi connectivity index (χ4v) is 3.52. The molecule has 2 N–H and O–H groups in total. The third kappa shape index (κ3) is 6.36. The third-order valence-corrected chi connectivity index (χ3v) is 5.11. The van der Waals surface area contributed by atoms with E-state index in [1.807, 2.05) is 6.07 Å². The Hall–Kier alpha value is -2.37. The highest BCUT2D eigenvalue weighted by Gasteiger charge is 2.23. The molecular weight excluding hydrogens is 374 g/mol. The zero-order valence-corrected chi connectivity index (χ0v) is 16.6. The Bertz CT molecular complexity index is 780. The van der Waals surface area contributed by atoms with Crippen molar-refractivity contribution in [3.8, 4) is 0 Å². The summed E-state index contributed by atoms with van der Waals surface area (Å²) in [5.74, 6) is -0.100. The van der Waals surface area contributed by atoms with Crippen molar-refractivity contribution in [1.82, 2.24) is 15.5 Å². The number of carbonyl (C=O) groups excluding carboxylic acids is 2. The van der Waals surface area contributed by atoms with E-state index in [4.69, 9.17) is 11.6 Å². The van der Waals surface area contributed by atoms with Gasteiger partial charge in [-0.1, -0.05) is 41.9 Å². The normalized spacial score (nSPS) is 16.7. The molecule has 3 rings (SSSR count). The molecule has 1 unspecified atom stereocenters. The molecule has 148 valence electrons. The molecule has 28 heavy (non-hydrogen) atoms. The molecule has 0 saturated carbocycles. The zero-order chi connectivity index (χ0) is 19.8. The van der Waals surface area contributed by atoms with Crippen molar-refractivity contribution in [2.75, 3.05) is 19.6 Å². The molecule has 0 radical (unpaired) electrons. The molecule has 2 aromatic carbocycles. The first-order valence-corrected chi connectivity index (χ1v) is 10.1. The molecule has 2 aromatic rings. The van der Waals surface area contributed by atoms with E-state index in [1.165, 1.54) is 5.56 Å². The Kier molecular flexibility index (Phi) is 7.46. The van der Waals surface area contributed by atoms with E-state index in [0.29, 0.717) is 30.0 Å². The van der Waals surface area contributed by atoms with Gasteiger partial charge in [0, 0.05) is 49.2 Å². The maximum atomic E-state index is 12.2. The van der Waals surface area contributed by atoms with E-state index in [0.717, 1.165) is 26.1 Å². The summed E-state index contributed by atoms with van der Waals surface area (Å²) in [6.07, 6.45) is 2.01. The van der Waals surface area contributed by atoms with E-state index in [9.17, 15) is 9.59 Å². The molecule has 1 aliphatic heterocycles. The predicted octanol–water partition coefficient (Wildman–Crippen LogP) is 3.24. The Morgan fingerprint density at radius 2 is 1.82 bits per heavy atom. The van der Waals surface area contributed by atoms with Crippen LogP contribution in [0.25, 0.3) is 0 Å². The molecule has 1 fully saturated rings. The Balaban J connectivity index is 1.30. The molecule has 5 nitrogen and oxygen atoms in total. The van der Waals surface area contributed by atoms with Crippen molar-refractivity contribution in [3.05, 3.63) is 70.7 Å². The lowest BCUT2D eigenvalue weighted by molar-refractivity contribution is -0.121. The number of hydrogen-bond donors (Lipinski definition) is 2. The predicted molar refractivity (Wildman–Crippen MR) is 111 cm³/mol. The molecule has 0 bridgehead atoms. The highest BCUT2D eigenvalue weighted by Crippen LogP contribution is 2.13. The monoisotopic (exact) mass is 399 g/mol. The summed E-state index contributed by atoms with van der Waals surface area (Å²) in [5.41, 5.74) is 1.87. The highest BCUT2D eigenvalue weighted by atomic mass is 35.5. The smallest absolute Gasteiger partial charge is 0.251 e. The summed E-state index contributed by atoms with van der Waals surface area (Å²) in [7, 11) is 0. The van der Waals surface area contributed by atoms with Crippen molar-refractivity contribution in [3.63, 3.8) is 0 Å². The average Bonchev–Trinajstić information content (AvgIpc) is 3.13. The summed E-state index contributed by atoms with van der Waals surface area (Å²) < 4.78 is 0. The first-order chi connectivity index (χ1) is 13.6. The van der Waals surface area contributed by atoms with E-state index < -0.39 is 0 Å². The minimum atomic E-state index is -0.149. The van der Waals surface area contributed by atoms with Crippen LogP contribution in [0.5, 0.6) is 0 Å². The number of hydrogen-bond acceptors (Lipinski definition) is 3. The second kappa shape index (κ2) is 10.2. The van der Waals surface area contributed by atoms with E-state index in [2.05, 4.69) is 39.8 Å². The second-order valence-electron chi connectivity index (χ2n) is 7.14. The van der Waals surface area contributed by atoms with Crippen molar-refractivity contribution in [2.45, 2.75) is 31.8 Å². The van der Waals surface area contributed by atoms with Crippen LogP contribution < -0.4 is 10.6 Å². The van der Waals surface area contributed by atoms with Gasteiger partial charge in [0.1, 0.15) is 0 Å². The number of likely N-dealkylation sites (tertiary alicyclic amines) is 1. The Morgan fingerprint density at radius 3 is 2.57 bits per heavy atom. The van der Waals surface area contributed by atoms with Crippen LogP contribution >= 0.6 is 11.6 Å². The van der Waals surface area contributed by atoms with Gasteiger partial charge in [0.2, 0.25) is 5.91 Å². The van der Waals surface area contributed by atoms with Crippen LogP contribution in [0.4, 0.5) is 0 Å². The van der Waals surface area contributed by atoms with Gasteiger partial charge in [0.05, 0.1) is 0 Å². The van der Waals surface area contributed by atoms with Crippen LogP contribution in [0.2, 0.25) is 5.02 Å². The fraction of sp³-hybridized carbons (Fsp3) is 0.364. The number of carbonyl (C=O) groups is 2. The van der Waals surface area contributed by atoms with Gasteiger partial charge in [0.15, 0.2) is 0 Å². The maximum absolute atomic E-state index is 12.2. The molecule has 1 saturated heterocycles. The van der Waals surface area contributed by atoms with Gasteiger partial charge >= 0.3 is 0 Å².